The third-order valence-electron chi connectivity index (χ3n) is 4.85. The molecule has 3 rings (SSSR count). The fraction of sp³-hybridized carbons (Fsp3) is 0.714. The van der Waals surface area contributed by atoms with E-state index in [0.717, 1.165) is 17.8 Å². The Balaban J connectivity index is 1.74. The van der Waals surface area contributed by atoms with Gasteiger partial charge in [-0.2, -0.15) is 4.37 Å². The summed E-state index contributed by atoms with van der Waals surface area (Å²) in [4.78, 5) is 14.5. The summed E-state index contributed by atoms with van der Waals surface area (Å²) in [6, 6.07) is 1.71. The summed E-state index contributed by atoms with van der Waals surface area (Å²) in [5.41, 5.74) is 6.32. The van der Waals surface area contributed by atoms with Gasteiger partial charge < -0.3 is 21.3 Å². The summed E-state index contributed by atoms with van der Waals surface area (Å²) in [5, 5.41) is 6.96. The van der Waals surface area contributed by atoms with Crippen molar-refractivity contribution >= 4 is 28.3 Å². The molecule has 2 bridgehead atoms. The van der Waals surface area contributed by atoms with E-state index in [-0.39, 0.29) is 5.91 Å². The van der Waals surface area contributed by atoms with Crippen LogP contribution >= 0.6 is 11.5 Å². The van der Waals surface area contributed by atoms with E-state index in [1.165, 1.54) is 30.8 Å². The van der Waals surface area contributed by atoms with Crippen LogP contribution in [0.2, 0.25) is 0 Å². The second-order valence-corrected chi connectivity index (χ2v) is 6.84. The van der Waals surface area contributed by atoms with Crippen molar-refractivity contribution in [2.24, 2.45) is 0 Å². The predicted molar refractivity (Wildman–Crippen MR) is 85.8 cm³/mol. The molecule has 0 spiro atoms. The van der Waals surface area contributed by atoms with Crippen molar-refractivity contribution in [1.82, 2.24) is 14.6 Å². The van der Waals surface area contributed by atoms with Gasteiger partial charge in [0, 0.05) is 25.2 Å². The Morgan fingerprint density at radius 3 is 2.67 bits per heavy atom. The smallest absolute Gasteiger partial charge is 0.257 e. The van der Waals surface area contributed by atoms with Crippen molar-refractivity contribution in [2.45, 2.75) is 50.2 Å². The fourth-order valence-corrected chi connectivity index (χ4v) is 4.45. The number of aromatic nitrogens is 1. The molecule has 0 aromatic carbocycles. The average molecular weight is 309 g/mol. The Bertz CT molecular complexity index is 517. The third-order valence-corrected chi connectivity index (χ3v) is 5.64. The molecule has 2 fully saturated rings. The third kappa shape index (κ3) is 2.72. The first-order valence-electron chi connectivity index (χ1n) is 7.55. The van der Waals surface area contributed by atoms with Crippen molar-refractivity contribution in [3.05, 3.63) is 5.56 Å². The minimum absolute atomic E-state index is 0.170. The van der Waals surface area contributed by atoms with E-state index in [4.69, 9.17) is 5.73 Å². The summed E-state index contributed by atoms with van der Waals surface area (Å²) in [5.74, 6) is 0.145. The molecule has 21 heavy (non-hydrogen) atoms. The number of carbonyl (C=O) groups excluding carboxylic acids is 1. The van der Waals surface area contributed by atoms with Gasteiger partial charge >= 0.3 is 0 Å². The van der Waals surface area contributed by atoms with Crippen LogP contribution in [-0.2, 0) is 0 Å². The number of hydrogen-bond acceptors (Lipinski definition) is 6. The van der Waals surface area contributed by atoms with Crippen molar-refractivity contribution in [3.63, 3.8) is 0 Å². The van der Waals surface area contributed by atoms with E-state index in [1.807, 2.05) is 0 Å². The Labute approximate surface area is 129 Å². The number of nitrogens with zero attached hydrogens (tertiary/aromatic N) is 2. The molecule has 2 atom stereocenters. The van der Waals surface area contributed by atoms with Gasteiger partial charge in [-0.15, -0.1) is 0 Å². The van der Waals surface area contributed by atoms with Gasteiger partial charge in [-0.25, -0.2) is 0 Å². The number of nitrogen functional groups attached to an aromatic ring is 1. The Morgan fingerprint density at radius 1 is 1.38 bits per heavy atom. The zero-order chi connectivity index (χ0) is 15.0. The molecule has 0 radical (unpaired) electrons. The maximum Gasteiger partial charge on any atom is 0.257 e. The van der Waals surface area contributed by atoms with E-state index in [9.17, 15) is 4.79 Å². The van der Waals surface area contributed by atoms with E-state index >= 15 is 0 Å². The Kier molecular flexibility index (Phi) is 4.03. The Hall–Kier alpha value is -1.34. The molecule has 1 aromatic heterocycles. The minimum atomic E-state index is -0.170. The first kappa shape index (κ1) is 14.6. The summed E-state index contributed by atoms with van der Waals surface area (Å²) in [6.45, 7) is 0. The molecule has 2 saturated heterocycles. The van der Waals surface area contributed by atoms with E-state index in [0.29, 0.717) is 29.5 Å². The largest absolute Gasteiger partial charge is 0.382 e. The van der Waals surface area contributed by atoms with Crippen LogP contribution in [0.5, 0.6) is 0 Å². The molecule has 116 valence electrons. The summed E-state index contributed by atoms with van der Waals surface area (Å²) < 4.78 is 4.12. The highest BCUT2D eigenvalue weighted by Crippen LogP contribution is 2.35. The second-order valence-electron chi connectivity index (χ2n) is 6.07. The number of nitrogens with one attached hydrogen (secondary N) is 2. The van der Waals surface area contributed by atoms with Gasteiger partial charge in [-0.1, -0.05) is 6.42 Å². The van der Waals surface area contributed by atoms with Crippen LogP contribution in [0, 0.1) is 0 Å². The van der Waals surface area contributed by atoms with Crippen LogP contribution in [0.4, 0.5) is 10.8 Å². The molecule has 3 heterocycles. The highest BCUT2D eigenvalue weighted by molar-refractivity contribution is 7.11. The lowest BCUT2D eigenvalue weighted by Gasteiger charge is -2.47. The highest BCUT2D eigenvalue weighted by atomic mass is 32.1. The summed E-state index contributed by atoms with van der Waals surface area (Å²) in [6.07, 6.45) is 6.13. The molecule has 2 aliphatic rings. The predicted octanol–water partition coefficient (Wildman–Crippen LogP) is 1.51. The van der Waals surface area contributed by atoms with Crippen molar-refractivity contribution in [3.8, 4) is 0 Å². The molecule has 4 N–H and O–H groups in total. The van der Waals surface area contributed by atoms with Crippen LogP contribution in [0.3, 0.4) is 0 Å². The van der Waals surface area contributed by atoms with Crippen LogP contribution < -0.4 is 16.4 Å². The van der Waals surface area contributed by atoms with Crippen molar-refractivity contribution < 1.29 is 4.79 Å². The molecule has 6 nitrogen and oxygen atoms in total. The van der Waals surface area contributed by atoms with Gasteiger partial charge in [0.15, 0.2) is 5.82 Å². The summed E-state index contributed by atoms with van der Waals surface area (Å²) >= 11 is 1.28. The van der Waals surface area contributed by atoms with Crippen LogP contribution in [-0.4, -0.2) is 47.4 Å². The molecule has 1 aromatic rings. The van der Waals surface area contributed by atoms with Gasteiger partial charge in [0.2, 0.25) is 0 Å². The molecule has 2 unspecified atom stereocenters. The molecule has 7 heteroatoms. The SMILES string of the molecule is CNC(=O)c1c(N)nsc1NC1CC2CCCC(C1)N2C. The molecule has 0 aliphatic carbocycles. The number of fused-ring (bicyclic) bond motifs is 2. The molecule has 1 amide bonds. The maximum atomic E-state index is 11.9. The van der Waals surface area contributed by atoms with Crippen LogP contribution in [0.1, 0.15) is 42.5 Å². The molecule has 0 saturated carbocycles. The number of piperidine rings is 2. The van der Waals surface area contributed by atoms with Gasteiger partial charge in [0.05, 0.1) is 0 Å². The zero-order valence-corrected chi connectivity index (χ0v) is 13.4. The van der Waals surface area contributed by atoms with Gasteiger partial charge in [0.1, 0.15) is 10.6 Å². The number of carbonyl (C=O) groups is 1. The van der Waals surface area contributed by atoms with Crippen molar-refractivity contribution in [1.29, 1.82) is 0 Å². The van der Waals surface area contributed by atoms with Gasteiger partial charge in [-0.05, 0) is 44.3 Å². The van der Waals surface area contributed by atoms with Gasteiger partial charge in [0.25, 0.3) is 5.91 Å². The van der Waals surface area contributed by atoms with Crippen molar-refractivity contribution in [2.75, 3.05) is 25.1 Å². The lowest BCUT2D eigenvalue weighted by atomic mass is 9.82. The zero-order valence-electron chi connectivity index (χ0n) is 12.6. The lowest BCUT2D eigenvalue weighted by Crippen LogP contribution is -2.52. The Morgan fingerprint density at radius 2 is 2.05 bits per heavy atom. The fourth-order valence-electron chi connectivity index (χ4n) is 3.66. The van der Waals surface area contributed by atoms with Crippen LogP contribution in [0.25, 0.3) is 0 Å². The van der Waals surface area contributed by atoms with E-state index in [2.05, 4.69) is 27.0 Å². The number of amides is 1. The molecular weight excluding hydrogens is 286 g/mol. The number of rotatable bonds is 3. The summed E-state index contributed by atoms with van der Waals surface area (Å²) in [7, 11) is 3.86. The van der Waals surface area contributed by atoms with Crippen LogP contribution in [0.15, 0.2) is 0 Å². The topological polar surface area (TPSA) is 83.3 Å². The monoisotopic (exact) mass is 309 g/mol. The number of hydrogen-bond donors (Lipinski definition) is 3. The molecule has 2 aliphatic heterocycles. The number of anilines is 2. The highest BCUT2D eigenvalue weighted by Gasteiger charge is 2.36. The normalized spacial score (nSPS) is 29.1. The first-order chi connectivity index (χ1) is 10.1. The minimum Gasteiger partial charge on any atom is -0.382 e. The first-order valence-corrected chi connectivity index (χ1v) is 8.33. The van der Waals surface area contributed by atoms with E-state index < -0.39 is 0 Å². The number of nitrogens with two attached hydrogens (primary N) is 1. The standard InChI is InChI=1S/C14H23N5OS/c1-16-13(20)11-12(15)18-21-14(11)17-8-6-9-4-3-5-10(7-8)19(9)2/h8-10,17H,3-7H2,1-2H3,(H2,15,18)(H,16,20). The second kappa shape index (κ2) is 5.81. The molecular formula is C14H23N5OS. The maximum absolute atomic E-state index is 11.9. The van der Waals surface area contributed by atoms with E-state index in [1.54, 1.807) is 7.05 Å². The van der Waals surface area contributed by atoms with Gasteiger partial charge in [-0.3, -0.25) is 4.79 Å². The lowest BCUT2D eigenvalue weighted by molar-refractivity contribution is 0.0609. The quantitative estimate of drug-likeness (QED) is 0.788. The average Bonchev–Trinajstić information content (AvgIpc) is 2.80.